The van der Waals surface area contributed by atoms with Crippen LogP contribution in [0.4, 0.5) is 0 Å². The van der Waals surface area contributed by atoms with Crippen LogP contribution in [-0.4, -0.2) is 11.2 Å². The molecule has 0 amide bonds. The third-order valence-corrected chi connectivity index (χ3v) is 5.79. The van der Waals surface area contributed by atoms with Gasteiger partial charge in [0.1, 0.15) is 6.10 Å². The van der Waals surface area contributed by atoms with Crippen LogP contribution in [0.25, 0.3) is 0 Å². The van der Waals surface area contributed by atoms with Crippen LogP contribution in [0, 0.1) is 35.0 Å². The minimum atomic E-state index is -0.434. The highest BCUT2D eigenvalue weighted by Crippen LogP contribution is 2.61. The van der Waals surface area contributed by atoms with E-state index in [0.717, 1.165) is 23.3 Å². The maximum atomic E-state index is 10.7. The molecule has 0 spiro atoms. The normalized spacial score (nSPS) is 39.1. The Balaban J connectivity index is 1.57. The number of aliphatic hydroxyl groups is 1. The zero-order valence-electron chi connectivity index (χ0n) is 11.9. The summed E-state index contributed by atoms with van der Waals surface area (Å²) < 4.78 is 0. The van der Waals surface area contributed by atoms with Crippen molar-refractivity contribution >= 4 is 0 Å². The molecule has 1 N–H and O–H groups in total. The summed E-state index contributed by atoms with van der Waals surface area (Å²) >= 11 is 0. The smallest absolute Gasteiger partial charge is 0.120 e. The zero-order chi connectivity index (χ0) is 13.6. The molecule has 20 heavy (non-hydrogen) atoms. The van der Waals surface area contributed by atoms with Gasteiger partial charge in [-0.05, 0) is 68.4 Å². The van der Waals surface area contributed by atoms with Crippen molar-refractivity contribution in [2.45, 2.75) is 44.6 Å². The number of hydrogen-bond acceptors (Lipinski definition) is 1. The average molecular weight is 266 g/mol. The van der Waals surface area contributed by atoms with E-state index in [4.69, 9.17) is 0 Å². The van der Waals surface area contributed by atoms with Crippen molar-refractivity contribution in [1.82, 2.24) is 0 Å². The number of rotatable bonds is 1. The number of benzene rings is 1. The predicted molar refractivity (Wildman–Crippen MR) is 79.9 cm³/mol. The number of aliphatic hydroxyl groups excluding tert-OH is 1. The Morgan fingerprint density at radius 2 is 1.50 bits per heavy atom. The summed E-state index contributed by atoms with van der Waals surface area (Å²) in [6.07, 6.45) is 7.45. The lowest BCUT2D eigenvalue weighted by atomic mass is 9.48. The van der Waals surface area contributed by atoms with Crippen molar-refractivity contribution in [3.8, 4) is 11.8 Å². The molecule has 0 radical (unpaired) electrons. The van der Waals surface area contributed by atoms with Crippen molar-refractivity contribution in [3.63, 3.8) is 0 Å². The van der Waals surface area contributed by atoms with Gasteiger partial charge in [0.15, 0.2) is 0 Å². The molecule has 0 saturated heterocycles. The van der Waals surface area contributed by atoms with Gasteiger partial charge in [-0.15, -0.1) is 0 Å². The van der Waals surface area contributed by atoms with E-state index in [1.807, 2.05) is 30.3 Å². The van der Waals surface area contributed by atoms with Gasteiger partial charge in [-0.3, -0.25) is 0 Å². The van der Waals surface area contributed by atoms with E-state index in [1.54, 1.807) is 0 Å². The Hall–Kier alpha value is -1.26. The Kier molecular flexibility index (Phi) is 2.89. The minimum Gasteiger partial charge on any atom is -0.380 e. The molecule has 4 fully saturated rings. The second-order valence-electron chi connectivity index (χ2n) is 7.32. The largest absolute Gasteiger partial charge is 0.380 e. The van der Waals surface area contributed by atoms with Gasteiger partial charge in [-0.2, -0.15) is 0 Å². The lowest BCUT2D eigenvalue weighted by Gasteiger charge is -2.57. The van der Waals surface area contributed by atoms with Crippen molar-refractivity contribution in [2.24, 2.45) is 23.2 Å². The monoisotopic (exact) mass is 266 g/mol. The molecule has 4 aliphatic rings. The Morgan fingerprint density at radius 1 is 0.950 bits per heavy atom. The third-order valence-electron chi connectivity index (χ3n) is 5.79. The van der Waals surface area contributed by atoms with Crippen LogP contribution in [0.2, 0.25) is 0 Å². The van der Waals surface area contributed by atoms with Gasteiger partial charge >= 0.3 is 0 Å². The summed E-state index contributed by atoms with van der Waals surface area (Å²) in [5.74, 6) is 8.94. The molecule has 4 aliphatic carbocycles. The summed E-state index contributed by atoms with van der Waals surface area (Å²) in [6.45, 7) is 0. The highest BCUT2D eigenvalue weighted by molar-refractivity contribution is 5.35. The Morgan fingerprint density at radius 3 is 2.05 bits per heavy atom. The maximum absolute atomic E-state index is 10.7. The van der Waals surface area contributed by atoms with Crippen molar-refractivity contribution in [3.05, 3.63) is 35.9 Å². The maximum Gasteiger partial charge on any atom is 0.120 e. The van der Waals surface area contributed by atoms with Crippen LogP contribution < -0.4 is 0 Å². The first-order valence-electron chi connectivity index (χ1n) is 7.98. The topological polar surface area (TPSA) is 20.2 Å². The van der Waals surface area contributed by atoms with Gasteiger partial charge in [-0.1, -0.05) is 30.0 Å². The molecule has 5 rings (SSSR count). The first kappa shape index (κ1) is 12.5. The molecule has 1 aromatic rings. The third kappa shape index (κ3) is 2.07. The van der Waals surface area contributed by atoms with E-state index in [-0.39, 0.29) is 5.41 Å². The second kappa shape index (κ2) is 4.64. The average Bonchev–Trinajstić information content (AvgIpc) is 2.44. The van der Waals surface area contributed by atoms with Crippen molar-refractivity contribution < 1.29 is 5.11 Å². The van der Waals surface area contributed by atoms with E-state index >= 15 is 0 Å². The van der Waals surface area contributed by atoms with Gasteiger partial charge in [0.05, 0.1) is 0 Å². The molecule has 4 saturated carbocycles. The summed E-state index contributed by atoms with van der Waals surface area (Å²) in [6, 6.07) is 10.0. The van der Waals surface area contributed by atoms with Gasteiger partial charge in [0, 0.05) is 11.0 Å². The molecule has 0 aromatic heterocycles. The van der Waals surface area contributed by atoms with E-state index in [9.17, 15) is 5.11 Å². The van der Waals surface area contributed by atoms with Gasteiger partial charge in [0.2, 0.25) is 0 Å². The highest BCUT2D eigenvalue weighted by Gasteiger charge is 2.53. The van der Waals surface area contributed by atoms with Crippen molar-refractivity contribution in [2.75, 3.05) is 0 Å². The van der Waals surface area contributed by atoms with Crippen LogP contribution in [0.1, 0.15) is 44.1 Å². The van der Waals surface area contributed by atoms with E-state index in [0.29, 0.717) is 0 Å². The van der Waals surface area contributed by atoms with Gasteiger partial charge < -0.3 is 5.11 Å². The Labute approximate surface area is 121 Å². The molecule has 1 nitrogen and oxygen atoms in total. The predicted octanol–water partition coefficient (Wildman–Crippen LogP) is 3.62. The van der Waals surface area contributed by atoms with Gasteiger partial charge in [-0.25, -0.2) is 0 Å². The van der Waals surface area contributed by atoms with Crippen LogP contribution in [0.3, 0.4) is 0 Å². The van der Waals surface area contributed by atoms with E-state index in [1.165, 1.54) is 38.5 Å². The molecular weight excluding hydrogens is 244 g/mol. The molecule has 1 aromatic carbocycles. The molecule has 4 bridgehead atoms. The lowest BCUT2D eigenvalue weighted by molar-refractivity contribution is -0.101. The SMILES string of the molecule is OC(C#Cc1ccccc1)C12CC3CC(CC(C3)C1)C2. The highest BCUT2D eigenvalue weighted by atomic mass is 16.3. The number of hydrogen-bond donors (Lipinski definition) is 1. The standard InChI is InChI=1S/C19H22O/c20-18(7-6-14-4-2-1-3-5-14)19-11-15-8-16(12-19)10-17(9-15)13-19/h1-5,15-18,20H,8-13H2. The summed E-state index contributed by atoms with van der Waals surface area (Å²) in [5.41, 5.74) is 1.13. The summed E-state index contributed by atoms with van der Waals surface area (Å²) in [4.78, 5) is 0. The first-order chi connectivity index (χ1) is 9.73. The van der Waals surface area contributed by atoms with Gasteiger partial charge in [0.25, 0.3) is 0 Å². The quantitative estimate of drug-likeness (QED) is 0.770. The van der Waals surface area contributed by atoms with E-state index < -0.39 is 6.10 Å². The van der Waals surface area contributed by atoms with Crippen LogP contribution >= 0.6 is 0 Å². The van der Waals surface area contributed by atoms with Crippen LogP contribution in [0.5, 0.6) is 0 Å². The van der Waals surface area contributed by atoms with Crippen LogP contribution in [0.15, 0.2) is 30.3 Å². The fraction of sp³-hybridized carbons (Fsp3) is 0.579. The van der Waals surface area contributed by atoms with Crippen molar-refractivity contribution in [1.29, 1.82) is 0 Å². The fourth-order valence-corrected chi connectivity index (χ4v) is 5.34. The summed E-state index contributed by atoms with van der Waals surface area (Å²) in [5, 5.41) is 10.7. The molecule has 0 heterocycles. The first-order valence-corrected chi connectivity index (χ1v) is 7.98. The zero-order valence-corrected chi connectivity index (χ0v) is 11.9. The molecule has 1 heteroatoms. The second-order valence-corrected chi connectivity index (χ2v) is 7.32. The molecule has 104 valence electrons. The molecular formula is C19H22O. The van der Waals surface area contributed by atoms with E-state index in [2.05, 4.69) is 11.8 Å². The Bertz CT molecular complexity index is 513. The minimum absolute atomic E-state index is 0.122. The van der Waals surface area contributed by atoms with Crippen LogP contribution in [-0.2, 0) is 0 Å². The lowest BCUT2D eigenvalue weighted by Crippen LogP contribution is -2.51. The molecule has 1 unspecified atom stereocenters. The summed E-state index contributed by atoms with van der Waals surface area (Å²) in [7, 11) is 0. The fourth-order valence-electron chi connectivity index (χ4n) is 5.34. The molecule has 0 aliphatic heterocycles. The molecule has 1 atom stereocenters.